The molecule has 2 atom stereocenters. The minimum Gasteiger partial charge on any atom is -0.480 e. The summed E-state index contributed by atoms with van der Waals surface area (Å²) < 4.78 is 0. The van der Waals surface area contributed by atoms with E-state index in [9.17, 15) is 24.3 Å². The number of aliphatic carboxylic acids is 1. The molecule has 0 unspecified atom stereocenters. The van der Waals surface area contributed by atoms with E-state index in [2.05, 4.69) is 5.32 Å². The summed E-state index contributed by atoms with van der Waals surface area (Å²) in [5, 5.41) is 11.5. The Morgan fingerprint density at radius 3 is 2.00 bits per heavy atom. The Morgan fingerprint density at radius 1 is 0.893 bits per heavy atom. The van der Waals surface area contributed by atoms with Crippen LogP contribution in [-0.4, -0.2) is 34.7 Å². The van der Waals surface area contributed by atoms with Crippen LogP contribution in [0.15, 0.2) is 60.7 Å². The second-order valence-electron chi connectivity index (χ2n) is 6.45. The fourth-order valence-corrected chi connectivity index (χ4v) is 2.81. The van der Waals surface area contributed by atoms with Gasteiger partial charge in [0.2, 0.25) is 11.8 Å². The number of hydrogen-bond acceptors (Lipinski definition) is 4. The summed E-state index contributed by atoms with van der Waals surface area (Å²) in [7, 11) is 0. The lowest BCUT2D eigenvalue weighted by Gasteiger charge is -2.20. The quantitative estimate of drug-likeness (QED) is 0.538. The normalized spacial score (nSPS) is 12.6. The van der Waals surface area contributed by atoms with Crippen LogP contribution in [0.3, 0.4) is 0 Å². The molecule has 0 radical (unpaired) electrons. The highest BCUT2D eigenvalue weighted by atomic mass is 16.4. The van der Waals surface area contributed by atoms with Crippen molar-refractivity contribution in [3.05, 3.63) is 71.8 Å². The Hall–Kier alpha value is -3.48. The fourth-order valence-electron chi connectivity index (χ4n) is 2.81. The summed E-state index contributed by atoms with van der Waals surface area (Å²) in [6, 6.07) is 16.2. The number of primary amides is 1. The molecule has 0 fully saturated rings. The Bertz CT molecular complexity index is 836. The molecule has 2 amide bonds. The van der Waals surface area contributed by atoms with Gasteiger partial charge in [-0.3, -0.25) is 14.4 Å². The minimum atomic E-state index is -1.44. The van der Waals surface area contributed by atoms with Crippen molar-refractivity contribution in [3.63, 3.8) is 0 Å². The highest BCUT2D eigenvalue weighted by molar-refractivity contribution is 5.99. The van der Waals surface area contributed by atoms with Gasteiger partial charge in [-0.15, -0.1) is 0 Å². The van der Waals surface area contributed by atoms with Crippen LogP contribution in [0.5, 0.6) is 0 Å². The molecule has 0 aromatic heterocycles. The van der Waals surface area contributed by atoms with Gasteiger partial charge >= 0.3 is 5.97 Å². The van der Waals surface area contributed by atoms with E-state index in [0.29, 0.717) is 5.56 Å². The second-order valence-corrected chi connectivity index (χ2v) is 6.45. The van der Waals surface area contributed by atoms with Crippen LogP contribution in [-0.2, 0) is 20.8 Å². The van der Waals surface area contributed by atoms with Crippen LogP contribution < -0.4 is 11.1 Å². The highest BCUT2D eigenvalue weighted by Crippen LogP contribution is 2.17. The maximum atomic E-state index is 12.7. The molecule has 2 aromatic carbocycles. The maximum Gasteiger partial charge on any atom is 0.326 e. The van der Waals surface area contributed by atoms with E-state index in [0.717, 1.165) is 5.56 Å². The molecular formula is C21H22N2O5. The van der Waals surface area contributed by atoms with Crippen LogP contribution in [0.4, 0.5) is 0 Å². The molecule has 0 saturated carbocycles. The number of amides is 2. The zero-order valence-corrected chi connectivity index (χ0v) is 15.2. The second kappa shape index (κ2) is 10.0. The first kappa shape index (κ1) is 20.8. The van der Waals surface area contributed by atoms with Crippen LogP contribution in [0, 0.1) is 5.92 Å². The summed E-state index contributed by atoms with van der Waals surface area (Å²) in [6.45, 7) is 0. The van der Waals surface area contributed by atoms with Gasteiger partial charge in [-0.05, 0) is 12.0 Å². The summed E-state index contributed by atoms with van der Waals surface area (Å²) >= 11 is 0. The van der Waals surface area contributed by atoms with Gasteiger partial charge in [0, 0.05) is 17.9 Å². The zero-order valence-electron chi connectivity index (χ0n) is 15.2. The van der Waals surface area contributed by atoms with Gasteiger partial charge in [-0.25, -0.2) is 4.79 Å². The molecule has 0 aliphatic carbocycles. The van der Waals surface area contributed by atoms with Gasteiger partial charge in [-0.1, -0.05) is 60.7 Å². The SMILES string of the molecule is NC(=O)C[C@H](NC(=O)[C@@H](CC(=O)c1ccccc1)Cc1ccccc1)C(=O)O. The molecule has 28 heavy (non-hydrogen) atoms. The molecule has 146 valence electrons. The molecule has 0 heterocycles. The third-order valence-electron chi connectivity index (χ3n) is 4.24. The van der Waals surface area contributed by atoms with E-state index in [1.807, 2.05) is 30.3 Å². The van der Waals surface area contributed by atoms with E-state index in [1.54, 1.807) is 30.3 Å². The Labute approximate surface area is 162 Å². The van der Waals surface area contributed by atoms with Gasteiger partial charge in [0.15, 0.2) is 5.78 Å². The van der Waals surface area contributed by atoms with Crippen molar-refractivity contribution in [2.45, 2.75) is 25.3 Å². The lowest BCUT2D eigenvalue weighted by molar-refractivity contribution is -0.143. The molecule has 0 spiro atoms. The number of ketones is 1. The van der Waals surface area contributed by atoms with E-state index in [-0.39, 0.29) is 18.6 Å². The Kier molecular flexibility index (Phi) is 7.45. The molecule has 4 N–H and O–H groups in total. The number of Topliss-reactive ketones (excluding diaryl/α,β-unsaturated/α-hetero) is 1. The van der Waals surface area contributed by atoms with Crippen LogP contribution in [0.25, 0.3) is 0 Å². The standard InChI is InChI=1S/C21H22N2O5/c22-19(25)13-17(21(27)28)23-20(26)16(11-14-7-3-1-4-8-14)12-18(24)15-9-5-2-6-10-15/h1-10,16-17H,11-13H2,(H2,22,25)(H,23,26)(H,27,28)/t16-,17+/m1/s1. The summed E-state index contributed by atoms with van der Waals surface area (Å²) in [4.78, 5) is 47.7. The molecule has 2 rings (SSSR count). The van der Waals surface area contributed by atoms with E-state index in [1.165, 1.54) is 0 Å². The van der Waals surface area contributed by atoms with Crippen molar-refractivity contribution < 1.29 is 24.3 Å². The molecule has 0 aliphatic heterocycles. The van der Waals surface area contributed by atoms with Crippen molar-refractivity contribution in [2.75, 3.05) is 0 Å². The van der Waals surface area contributed by atoms with Crippen LogP contribution in [0.1, 0.15) is 28.8 Å². The van der Waals surface area contributed by atoms with Crippen molar-refractivity contribution in [1.82, 2.24) is 5.32 Å². The number of nitrogens with one attached hydrogen (secondary N) is 1. The van der Waals surface area contributed by atoms with Crippen LogP contribution >= 0.6 is 0 Å². The fraction of sp³-hybridized carbons (Fsp3) is 0.238. The van der Waals surface area contributed by atoms with Crippen molar-refractivity contribution in [2.24, 2.45) is 11.7 Å². The number of carbonyl (C=O) groups excluding carboxylic acids is 3. The number of hydrogen-bond donors (Lipinski definition) is 3. The summed E-state index contributed by atoms with van der Waals surface area (Å²) in [5.74, 6) is -3.82. The maximum absolute atomic E-state index is 12.7. The molecule has 7 nitrogen and oxygen atoms in total. The zero-order chi connectivity index (χ0) is 20.5. The number of rotatable bonds is 10. The van der Waals surface area contributed by atoms with E-state index in [4.69, 9.17) is 5.73 Å². The van der Waals surface area contributed by atoms with Gasteiger partial charge in [0.1, 0.15) is 6.04 Å². The van der Waals surface area contributed by atoms with Gasteiger partial charge in [-0.2, -0.15) is 0 Å². The van der Waals surface area contributed by atoms with E-state index >= 15 is 0 Å². The average Bonchev–Trinajstić information content (AvgIpc) is 2.68. The molecular weight excluding hydrogens is 360 g/mol. The molecule has 0 bridgehead atoms. The number of benzene rings is 2. The third-order valence-corrected chi connectivity index (χ3v) is 4.24. The predicted molar refractivity (Wildman–Crippen MR) is 102 cm³/mol. The molecule has 7 heteroatoms. The topological polar surface area (TPSA) is 127 Å². The lowest BCUT2D eigenvalue weighted by atomic mass is 9.91. The largest absolute Gasteiger partial charge is 0.480 e. The first-order chi connectivity index (χ1) is 13.4. The van der Waals surface area contributed by atoms with Gasteiger partial charge in [0.05, 0.1) is 6.42 Å². The number of carboxylic acids is 1. The first-order valence-corrected chi connectivity index (χ1v) is 8.80. The summed E-state index contributed by atoms with van der Waals surface area (Å²) in [6.07, 6.45) is -0.354. The molecule has 0 aliphatic rings. The molecule has 0 saturated heterocycles. The van der Waals surface area contributed by atoms with Gasteiger partial charge < -0.3 is 16.2 Å². The summed E-state index contributed by atoms with van der Waals surface area (Å²) in [5.41, 5.74) is 6.37. The Balaban J connectivity index is 2.18. The van der Waals surface area contributed by atoms with E-state index < -0.39 is 36.2 Å². The Morgan fingerprint density at radius 2 is 1.46 bits per heavy atom. The van der Waals surface area contributed by atoms with Crippen LogP contribution in [0.2, 0.25) is 0 Å². The molecule has 2 aromatic rings. The number of nitrogens with two attached hydrogens (primary N) is 1. The number of carbonyl (C=O) groups is 4. The first-order valence-electron chi connectivity index (χ1n) is 8.80. The van der Waals surface area contributed by atoms with Crippen molar-refractivity contribution >= 4 is 23.6 Å². The highest BCUT2D eigenvalue weighted by Gasteiger charge is 2.28. The predicted octanol–water partition coefficient (Wildman–Crippen LogP) is 1.56. The monoisotopic (exact) mass is 382 g/mol. The minimum absolute atomic E-state index is 0.0896. The van der Waals surface area contributed by atoms with Crippen molar-refractivity contribution in [1.29, 1.82) is 0 Å². The third kappa shape index (κ3) is 6.35. The smallest absolute Gasteiger partial charge is 0.326 e. The average molecular weight is 382 g/mol. The van der Waals surface area contributed by atoms with Gasteiger partial charge in [0.25, 0.3) is 0 Å². The number of carboxylic acid groups (broad SMARTS) is 1. The lowest BCUT2D eigenvalue weighted by Crippen LogP contribution is -2.46. The van der Waals surface area contributed by atoms with Crippen molar-refractivity contribution in [3.8, 4) is 0 Å².